The molecule has 26 heavy (non-hydrogen) atoms. The predicted molar refractivity (Wildman–Crippen MR) is 110 cm³/mol. The van der Waals surface area contributed by atoms with Gasteiger partial charge >= 0.3 is 8.25 Å². The molecule has 0 aliphatic heterocycles. The molecule has 4 nitrogen and oxygen atoms in total. The van der Waals surface area contributed by atoms with E-state index in [0.29, 0.717) is 6.61 Å². The Kier molecular flexibility index (Phi) is 23.0. The summed E-state index contributed by atoms with van der Waals surface area (Å²) in [6, 6.07) is 0. The first-order valence-corrected chi connectivity index (χ1v) is 12.2. The molecule has 0 aromatic rings. The van der Waals surface area contributed by atoms with Crippen molar-refractivity contribution < 1.29 is 18.7 Å². The summed E-state index contributed by atoms with van der Waals surface area (Å²) in [5.74, 6) is 0. The van der Waals surface area contributed by atoms with Crippen molar-refractivity contribution in [2.45, 2.75) is 122 Å². The van der Waals surface area contributed by atoms with Gasteiger partial charge in [0.25, 0.3) is 0 Å². The Bertz CT molecular complexity index is 287. The van der Waals surface area contributed by atoms with Gasteiger partial charge in [-0.05, 0) is 6.42 Å². The standard InChI is InChI=1S/C21H44O4P/c1-3-4-5-6-7-8-9-10-11-12-13-14-15-16-17-18-19-20-21-24-26(22)25-23-2/h3-21H2,1-2H3/q+1. The van der Waals surface area contributed by atoms with E-state index in [1.165, 1.54) is 110 Å². The third kappa shape index (κ3) is 22.0. The fourth-order valence-electron chi connectivity index (χ4n) is 3.23. The van der Waals surface area contributed by atoms with E-state index < -0.39 is 8.25 Å². The summed E-state index contributed by atoms with van der Waals surface area (Å²) in [4.78, 5) is 4.29. The van der Waals surface area contributed by atoms with E-state index in [4.69, 9.17) is 4.52 Å². The van der Waals surface area contributed by atoms with Crippen molar-refractivity contribution in [2.24, 2.45) is 0 Å². The van der Waals surface area contributed by atoms with Gasteiger partial charge in [-0.15, -0.1) is 4.52 Å². The molecular formula is C21H44O4P+. The minimum Gasteiger partial charge on any atom is -0.191 e. The molecule has 0 heterocycles. The molecule has 0 aromatic carbocycles. The Morgan fingerprint density at radius 1 is 0.577 bits per heavy atom. The maximum Gasteiger partial charge on any atom is 0.728 e. The first-order chi connectivity index (χ1) is 12.8. The van der Waals surface area contributed by atoms with Gasteiger partial charge in [0.2, 0.25) is 0 Å². The Balaban J connectivity index is 3.02. The molecule has 0 rings (SSSR count). The zero-order valence-corrected chi connectivity index (χ0v) is 18.4. The fraction of sp³-hybridized carbons (Fsp3) is 1.00. The summed E-state index contributed by atoms with van der Waals surface area (Å²) in [7, 11) is -0.772. The molecular weight excluding hydrogens is 347 g/mol. The van der Waals surface area contributed by atoms with Crippen LogP contribution in [0.15, 0.2) is 0 Å². The summed E-state index contributed by atoms with van der Waals surface area (Å²) >= 11 is 0. The summed E-state index contributed by atoms with van der Waals surface area (Å²) < 4.78 is 20.3. The highest BCUT2D eigenvalue weighted by Gasteiger charge is 2.20. The van der Waals surface area contributed by atoms with Gasteiger partial charge in [0, 0.05) is 4.57 Å². The number of rotatable bonds is 22. The van der Waals surface area contributed by atoms with Gasteiger partial charge in [0.15, 0.2) is 0 Å². The molecule has 5 heteroatoms. The molecule has 0 N–H and O–H groups in total. The van der Waals surface area contributed by atoms with E-state index in [1.54, 1.807) is 0 Å². The molecule has 0 bridgehead atoms. The second-order valence-corrected chi connectivity index (χ2v) is 8.16. The third-order valence-electron chi connectivity index (χ3n) is 4.83. The largest absolute Gasteiger partial charge is 0.728 e. The molecule has 0 saturated carbocycles. The van der Waals surface area contributed by atoms with Crippen LogP contribution in [0, 0.1) is 0 Å². The lowest BCUT2D eigenvalue weighted by atomic mass is 10.0. The molecule has 0 aliphatic rings. The van der Waals surface area contributed by atoms with Crippen molar-refractivity contribution in [1.82, 2.24) is 0 Å². The zero-order valence-electron chi connectivity index (χ0n) is 17.5. The zero-order chi connectivity index (χ0) is 19.1. The predicted octanol–water partition coefficient (Wildman–Crippen LogP) is 8.28. The van der Waals surface area contributed by atoms with Crippen LogP contribution in [0.2, 0.25) is 0 Å². The van der Waals surface area contributed by atoms with E-state index in [1.807, 2.05) is 0 Å². The maximum absolute atomic E-state index is 11.0. The van der Waals surface area contributed by atoms with Crippen molar-refractivity contribution in [3.63, 3.8) is 0 Å². The van der Waals surface area contributed by atoms with Gasteiger partial charge < -0.3 is 0 Å². The smallest absolute Gasteiger partial charge is 0.191 e. The van der Waals surface area contributed by atoms with Gasteiger partial charge in [-0.2, -0.15) is 4.89 Å². The Morgan fingerprint density at radius 3 is 1.27 bits per heavy atom. The molecule has 0 fully saturated rings. The van der Waals surface area contributed by atoms with E-state index in [2.05, 4.69) is 16.5 Å². The van der Waals surface area contributed by atoms with Gasteiger partial charge in [0.1, 0.15) is 6.61 Å². The minimum absolute atomic E-state index is 0.483. The molecule has 0 radical (unpaired) electrons. The highest BCUT2D eigenvalue weighted by atomic mass is 31.1. The summed E-state index contributed by atoms with van der Waals surface area (Å²) in [6.45, 7) is 2.77. The second-order valence-electron chi connectivity index (χ2n) is 7.31. The van der Waals surface area contributed by atoms with Gasteiger partial charge in [0.05, 0.1) is 11.8 Å². The SMILES string of the molecule is CCCCCCCCCCCCCCCCCCCCO[P+](=O)OOC. The van der Waals surface area contributed by atoms with Crippen LogP contribution in [0.3, 0.4) is 0 Å². The summed E-state index contributed by atoms with van der Waals surface area (Å²) in [5.41, 5.74) is 0. The van der Waals surface area contributed by atoms with E-state index in [-0.39, 0.29) is 0 Å². The molecule has 1 atom stereocenters. The monoisotopic (exact) mass is 391 g/mol. The lowest BCUT2D eigenvalue weighted by molar-refractivity contribution is -0.181. The number of hydrogen-bond donors (Lipinski definition) is 0. The van der Waals surface area contributed by atoms with Crippen LogP contribution in [0.4, 0.5) is 0 Å². The topological polar surface area (TPSA) is 44.8 Å². The molecule has 1 unspecified atom stereocenters. The van der Waals surface area contributed by atoms with Crippen LogP contribution in [-0.4, -0.2) is 13.7 Å². The third-order valence-corrected chi connectivity index (χ3v) is 5.49. The van der Waals surface area contributed by atoms with Crippen molar-refractivity contribution >= 4 is 8.25 Å². The number of hydrogen-bond acceptors (Lipinski definition) is 4. The molecule has 0 amide bonds. The summed E-state index contributed by atoms with van der Waals surface area (Å²) in [6.07, 6.45) is 24.5. The first kappa shape index (κ1) is 26.0. The van der Waals surface area contributed by atoms with E-state index in [9.17, 15) is 4.57 Å². The average molecular weight is 392 g/mol. The fourth-order valence-corrected chi connectivity index (χ4v) is 3.67. The van der Waals surface area contributed by atoms with E-state index in [0.717, 1.165) is 12.8 Å². The van der Waals surface area contributed by atoms with Crippen LogP contribution in [0.1, 0.15) is 122 Å². The minimum atomic E-state index is -2.10. The normalized spacial score (nSPS) is 11.8. The Hall–Kier alpha value is -0.0200. The van der Waals surface area contributed by atoms with Gasteiger partial charge in [-0.1, -0.05) is 116 Å². The van der Waals surface area contributed by atoms with Crippen LogP contribution < -0.4 is 0 Å². The second kappa shape index (κ2) is 23.0. The maximum atomic E-state index is 11.0. The Morgan fingerprint density at radius 2 is 0.923 bits per heavy atom. The van der Waals surface area contributed by atoms with Crippen LogP contribution >= 0.6 is 8.25 Å². The van der Waals surface area contributed by atoms with Gasteiger partial charge in [-0.3, -0.25) is 0 Å². The highest BCUT2D eigenvalue weighted by Crippen LogP contribution is 2.23. The van der Waals surface area contributed by atoms with Gasteiger partial charge in [-0.25, -0.2) is 0 Å². The van der Waals surface area contributed by atoms with Crippen LogP contribution in [0.25, 0.3) is 0 Å². The van der Waals surface area contributed by atoms with Crippen LogP contribution in [-0.2, 0) is 18.7 Å². The molecule has 0 aliphatic carbocycles. The molecule has 0 aromatic heterocycles. The molecule has 0 saturated heterocycles. The average Bonchev–Trinajstić information content (AvgIpc) is 2.64. The summed E-state index contributed by atoms with van der Waals surface area (Å²) in [5, 5.41) is 0. The first-order valence-electron chi connectivity index (χ1n) is 11.1. The number of unbranched alkanes of at least 4 members (excludes halogenated alkanes) is 17. The van der Waals surface area contributed by atoms with Crippen molar-refractivity contribution in [3.05, 3.63) is 0 Å². The van der Waals surface area contributed by atoms with Crippen molar-refractivity contribution in [1.29, 1.82) is 0 Å². The van der Waals surface area contributed by atoms with Crippen molar-refractivity contribution in [3.8, 4) is 0 Å². The van der Waals surface area contributed by atoms with E-state index >= 15 is 0 Å². The lowest BCUT2D eigenvalue weighted by Crippen LogP contribution is -1.89. The highest BCUT2D eigenvalue weighted by molar-refractivity contribution is 7.33. The molecule has 156 valence electrons. The molecule has 0 spiro atoms. The van der Waals surface area contributed by atoms with Crippen molar-refractivity contribution in [2.75, 3.05) is 13.7 Å². The lowest BCUT2D eigenvalue weighted by Gasteiger charge is -2.03. The van der Waals surface area contributed by atoms with Crippen LogP contribution in [0.5, 0.6) is 0 Å². The quantitative estimate of drug-likeness (QED) is 0.0806. The Labute approximate surface area is 163 Å².